The Hall–Kier alpha value is -6.76. The maximum absolute atomic E-state index is 2.61. The van der Waals surface area contributed by atoms with Gasteiger partial charge in [-0.2, -0.15) is 0 Å². The first kappa shape index (κ1) is 46.3. The molecule has 0 fully saturated rings. The molecule has 0 heterocycles. The van der Waals surface area contributed by atoms with E-state index in [0.29, 0.717) is 0 Å². The number of fused-ring (bicyclic) bond motifs is 10. The summed E-state index contributed by atoms with van der Waals surface area (Å²) >= 11 is 0. The van der Waals surface area contributed by atoms with Gasteiger partial charge in [0.25, 0.3) is 0 Å². The maximum Gasteiger partial charge on any atom is 0.0442 e. The van der Waals surface area contributed by atoms with Crippen molar-refractivity contribution in [3.63, 3.8) is 0 Å². The topological polar surface area (TPSA) is 0 Å². The fourth-order valence-electron chi connectivity index (χ4n) is 13.1. The molecule has 0 saturated carbocycles. The van der Waals surface area contributed by atoms with Crippen LogP contribution in [0.1, 0.15) is 153 Å². The van der Waals surface area contributed by atoms with Crippen LogP contribution in [0.25, 0.3) is 76.8 Å². The van der Waals surface area contributed by atoms with Gasteiger partial charge in [-0.25, -0.2) is 0 Å². The highest BCUT2D eigenvalue weighted by Gasteiger charge is 2.48. The lowest BCUT2D eigenvalue weighted by Crippen LogP contribution is -2.24. The van der Waals surface area contributed by atoms with Crippen LogP contribution in [0.3, 0.4) is 0 Å². The van der Waals surface area contributed by atoms with E-state index in [0.717, 1.165) is 0 Å². The molecule has 0 aromatic heterocycles. The summed E-state index contributed by atoms with van der Waals surface area (Å²) in [6, 6.07) is 66.7. The van der Waals surface area contributed by atoms with E-state index in [1.807, 2.05) is 0 Å². The van der Waals surface area contributed by atoms with Crippen molar-refractivity contribution >= 4 is 32.3 Å². The lowest BCUT2D eigenvalue weighted by Gasteiger charge is -2.34. The smallest absolute Gasteiger partial charge is 0.0442 e. The van der Waals surface area contributed by atoms with E-state index in [1.165, 1.54) is 132 Å². The average molecular weight is 935 g/mol. The Labute approximate surface area is 429 Å². The zero-order valence-electron chi connectivity index (χ0n) is 45.2. The normalized spacial score (nSPS) is 17.7. The van der Waals surface area contributed by atoms with Crippen LogP contribution in [-0.2, 0) is 32.5 Å². The summed E-state index contributed by atoms with van der Waals surface area (Å²) in [6.07, 6.45) is 0. The van der Waals surface area contributed by atoms with Crippen LogP contribution in [0.4, 0.5) is 0 Å². The van der Waals surface area contributed by atoms with Gasteiger partial charge in [0, 0.05) is 10.8 Å². The van der Waals surface area contributed by atoms with Crippen molar-refractivity contribution in [2.75, 3.05) is 0 Å². The fraction of sp³-hybridized carbons (Fsp3) is 0.278. The average Bonchev–Trinajstić information content (AvgIpc) is 3.79. The van der Waals surface area contributed by atoms with Crippen LogP contribution in [-0.4, -0.2) is 0 Å². The van der Waals surface area contributed by atoms with E-state index < -0.39 is 10.8 Å². The molecular weight excluding hydrogens is 865 g/mol. The molecule has 0 amide bonds. The third-order valence-corrected chi connectivity index (χ3v) is 17.4. The molecule has 10 aromatic rings. The van der Waals surface area contributed by atoms with Gasteiger partial charge in [-0.15, -0.1) is 0 Å². The minimum atomic E-state index is -0.453. The van der Waals surface area contributed by atoms with Gasteiger partial charge in [0.1, 0.15) is 0 Å². The number of hydrogen-bond acceptors (Lipinski definition) is 0. The SMILES string of the molecule is CC(C)(C)c1ccc(-c2ccc3c(c2)C(C)(c2ccccc2)c2c-3c3cc(C(C)(C)C)cc4c5c(c6cc(C(C)(C)C)cc2c6c34)-c2ccc(-c3ccc(C(C)(C)C)cc3)cc2C5(C)c2ccccc2)cc1. The minimum absolute atomic E-state index is 0.0862. The van der Waals surface area contributed by atoms with Gasteiger partial charge in [-0.1, -0.05) is 229 Å². The van der Waals surface area contributed by atoms with E-state index in [4.69, 9.17) is 0 Å². The third-order valence-electron chi connectivity index (χ3n) is 17.4. The van der Waals surface area contributed by atoms with E-state index in [2.05, 4.69) is 267 Å². The van der Waals surface area contributed by atoms with Gasteiger partial charge in [0.05, 0.1) is 0 Å². The fourth-order valence-corrected chi connectivity index (χ4v) is 13.1. The summed E-state index contributed by atoms with van der Waals surface area (Å²) < 4.78 is 0. The lowest BCUT2D eigenvalue weighted by molar-refractivity contribution is 0.590. The number of benzene rings is 10. The first-order valence-corrected chi connectivity index (χ1v) is 26.5. The van der Waals surface area contributed by atoms with Crippen molar-refractivity contribution in [2.24, 2.45) is 0 Å². The van der Waals surface area contributed by atoms with Crippen molar-refractivity contribution in [1.82, 2.24) is 0 Å². The number of hydrogen-bond donors (Lipinski definition) is 0. The first-order valence-electron chi connectivity index (χ1n) is 26.5. The second-order valence-electron chi connectivity index (χ2n) is 26.1. The van der Waals surface area contributed by atoms with Crippen LogP contribution in [0, 0.1) is 0 Å². The Morgan fingerprint density at radius 1 is 0.292 bits per heavy atom. The molecule has 0 nitrogen and oxygen atoms in total. The van der Waals surface area contributed by atoms with E-state index in [-0.39, 0.29) is 21.7 Å². The number of rotatable bonds is 4. The highest BCUT2D eigenvalue weighted by molar-refractivity contribution is 6.33. The molecule has 2 aliphatic carbocycles. The highest BCUT2D eigenvalue weighted by atomic mass is 14.5. The van der Waals surface area contributed by atoms with Crippen molar-refractivity contribution in [1.29, 1.82) is 0 Å². The minimum Gasteiger partial charge on any atom is -0.0622 e. The second kappa shape index (κ2) is 15.4. The Morgan fingerprint density at radius 2 is 0.597 bits per heavy atom. The van der Waals surface area contributed by atoms with Crippen LogP contribution < -0.4 is 0 Å². The van der Waals surface area contributed by atoms with Gasteiger partial charge in [0.15, 0.2) is 0 Å². The Morgan fingerprint density at radius 3 is 0.917 bits per heavy atom. The Balaban J connectivity index is 1.25. The van der Waals surface area contributed by atoms with Gasteiger partial charge in [0.2, 0.25) is 0 Å². The van der Waals surface area contributed by atoms with Crippen molar-refractivity contribution in [3.8, 4) is 44.5 Å². The predicted molar refractivity (Wildman–Crippen MR) is 311 cm³/mol. The van der Waals surface area contributed by atoms with Gasteiger partial charge in [-0.05, 0) is 192 Å². The summed E-state index contributed by atoms with van der Waals surface area (Å²) in [7, 11) is 0. The molecule has 0 N–H and O–H groups in total. The Kier molecular flexibility index (Phi) is 9.90. The summed E-state index contributed by atoms with van der Waals surface area (Å²) in [4.78, 5) is 0. The Bertz CT molecular complexity index is 3540. The zero-order chi connectivity index (χ0) is 50.7. The zero-order valence-corrected chi connectivity index (χ0v) is 45.2. The van der Waals surface area contributed by atoms with E-state index in [1.54, 1.807) is 0 Å². The van der Waals surface area contributed by atoms with Crippen LogP contribution in [0.5, 0.6) is 0 Å². The van der Waals surface area contributed by atoms with Crippen LogP contribution >= 0.6 is 0 Å². The molecule has 12 rings (SSSR count). The van der Waals surface area contributed by atoms with E-state index >= 15 is 0 Å². The standard InChI is InChI=1S/C72H70/c1-67(2,3)47-31-25-43(26-32-47)45-29-35-53-59(37-45)71(13,49-21-17-15-18-22-49)65-57-41-52(70(10,11)12)40-56-62(57)61-55(63(53)65)39-51(69(7,8)9)42-58(61)66-64(56)54-36-30-46(44-27-33-48(34-28-44)68(4,5)6)38-60(54)72(66,14)50-23-19-16-20-24-50/h15-42H,1-14H3. The summed E-state index contributed by atoms with van der Waals surface area (Å²) in [5.41, 5.74) is 23.2. The molecule has 2 atom stereocenters. The first-order chi connectivity index (χ1) is 34.0. The third kappa shape index (κ3) is 6.70. The summed E-state index contributed by atoms with van der Waals surface area (Å²) in [5, 5.41) is 8.27. The molecule has 0 spiro atoms. The lowest BCUT2D eigenvalue weighted by atomic mass is 9.68. The molecule has 2 aliphatic rings. The molecule has 0 radical (unpaired) electrons. The van der Waals surface area contributed by atoms with Crippen molar-refractivity contribution in [2.45, 2.75) is 129 Å². The summed E-state index contributed by atoms with van der Waals surface area (Å²) in [5.74, 6) is 0. The molecule has 0 saturated heterocycles. The van der Waals surface area contributed by atoms with Crippen molar-refractivity contribution in [3.05, 3.63) is 225 Å². The van der Waals surface area contributed by atoms with Crippen molar-refractivity contribution < 1.29 is 0 Å². The molecular formula is C72H70. The van der Waals surface area contributed by atoms with Gasteiger partial charge >= 0.3 is 0 Å². The van der Waals surface area contributed by atoms with Crippen LogP contribution in [0.2, 0.25) is 0 Å². The van der Waals surface area contributed by atoms with Crippen LogP contribution in [0.15, 0.2) is 170 Å². The van der Waals surface area contributed by atoms with Gasteiger partial charge in [-0.3, -0.25) is 0 Å². The van der Waals surface area contributed by atoms with Gasteiger partial charge < -0.3 is 0 Å². The second-order valence-corrected chi connectivity index (χ2v) is 26.1. The highest BCUT2D eigenvalue weighted by Crippen LogP contribution is 2.64. The predicted octanol–water partition coefficient (Wildman–Crippen LogP) is 19.8. The molecule has 358 valence electrons. The maximum atomic E-state index is 2.61. The molecule has 0 heteroatoms. The summed E-state index contributed by atoms with van der Waals surface area (Å²) in [6.45, 7) is 33.3. The molecule has 72 heavy (non-hydrogen) atoms. The molecule has 10 aromatic carbocycles. The largest absolute Gasteiger partial charge is 0.0622 e. The molecule has 0 aliphatic heterocycles. The molecule has 2 unspecified atom stereocenters. The molecule has 0 bridgehead atoms. The van der Waals surface area contributed by atoms with E-state index in [9.17, 15) is 0 Å². The quantitative estimate of drug-likeness (QED) is 0.154. The monoisotopic (exact) mass is 935 g/mol.